The van der Waals surface area contributed by atoms with Gasteiger partial charge in [-0.3, -0.25) is 14.0 Å². The lowest BCUT2D eigenvalue weighted by Crippen LogP contribution is -2.47. The number of amides is 2. The molecule has 4 bridgehead atoms. The smallest absolute Gasteiger partial charge is 0.228 e. The number of nitrogens with zero attached hydrogens (tertiary/aromatic N) is 3. The van der Waals surface area contributed by atoms with E-state index in [1.165, 1.54) is 38.5 Å². The largest absolute Gasteiger partial charge is 0.341 e. The van der Waals surface area contributed by atoms with E-state index in [1.54, 1.807) is 0 Å². The van der Waals surface area contributed by atoms with Crippen molar-refractivity contribution < 1.29 is 9.59 Å². The Balaban J connectivity index is 1.15. The lowest BCUT2D eigenvalue weighted by Gasteiger charge is -2.56. The molecule has 5 fully saturated rings. The number of hydrogen-bond donors (Lipinski definition) is 2. The Hall–Kier alpha value is -2.41. The summed E-state index contributed by atoms with van der Waals surface area (Å²) >= 11 is 0. The lowest BCUT2D eigenvalue weighted by molar-refractivity contribution is -0.131. The molecular formula is C26H35N5O2. The van der Waals surface area contributed by atoms with E-state index >= 15 is 0 Å². The summed E-state index contributed by atoms with van der Waals surface area (Å²) in [6, 6.07) is 5.82. The van der Waals surface area contributed by atoms with E-state index in [2.05, 4.69) is 10.3 Å². The van der Waals surface area contributed by atoms with Gasteiger partial charge in [-0.2, -0.15) is 0 Å². The number of carbonyl (C=O) groups excluding carboxylic acids is 2. The van der Waals surface area contributed by atoms with Crippen molar-refractivity contribution in [2.75, 3.05) is 18.4 Å². The van der Waals surface area contributed by atoms with E-state index in [1.807, 2.05) is 33.7 Å². The van der Waals surface area contributed by atoms with Gasteiger partial charge in [-0.25, -0.2) is 4.98 Å². The van der Waals surface area contributed by atoms with Crippen LogP contribution in [0.4, 0.5) is 5.82 Å². The third-order valence-electron chi connectivity index (χ3n) is 8.65. The highest BCUT2D eigenvalue weighted by molar-refractivity contribution is 5.90. The normalized spacial score (nSPS) is 32.9. The van der Waals surface area contributed by atoms with Crippen LogP contribution in [0.2, 0.25) is 0 Å². The van der Waals surface area contributed by atoms with Crippen molar-refractivity contribution in [1.82, 2.24) is 14.3 Å². The van der Waals surface area contributed by atoms with Crippen molar-refractivity contribution in [3.05, 3.63) is 30.1 Å². The molecule has 2 aromatic heterocycles. The highest BCUT2D eigenvalue weighted by atomic mass is 16.2. The number of carbonyl (C=O) groups is 2. The molecule has 0 radical (unpaired) electrons. The van der Waals surface area contributed by atoms with E-state index in [-0.39, 0.29) is 29.7 Å². The van der Waals surface area contributed by atoms with Crippen molar-refractivity contribution in [3.63, 3.8) is 0 Å². The number of nitrogens with two attached hydrogens (primary N) is 1. The maximum absolute atomic E-state index is 13.1. The molecule has 176 valence electrons. The molecule has 7 heteroatoms. The van der Waals surface area contributed by atoms with Gasteiger partial charge in [-0.15, -0.1) is 0 Å². The molecular weight excluding hydrogens is 414 g/mol. The average Bonchev–Trinajstić information content (AvgIpc) is 3.16. The zero-order valence-electron chi connectivity index (χ0n) is 19.3. The molecule has 0 spiro atoms. The quantitative estimate of drug-likeness (QED) is 0.732. The van der Waals surface area contributed by atoms with E-state index in [0.29, 0.717) is 13.0 Å². The van der Waals surface area contributed by atoms with Gasteiger partial charge >= 0.3 is 0 Å². The lowest BCUT2D eigenvalue weighted by atomic mass is 9.49. The second-order valence-corrected chi connectivity index (χ2v) is 11.4. The number of hydrogen-bond acceptors (Lipinski definition) is 4. The molecule has 7 rings (SSSR count). The van der Waals surface area contributed by atoms with E-state index in [4.69, 9.17) is 5.73 Å². The summed E-state index contributed by atoms with van der Waals surface area (Å²) in [4.78, 5) is 32.4. The third-order valence-corrected chi connectivity index (χ3v) is 8.65. The number of likely N-dealkylation sites (tertiary alicyclic amines) is 1. The van der Waals surface area contributed by atoms with Crippen LogP contribution < -0.4 is 11.1 Å². The number of nitrogens with one attached hydrogen (secondary N) is 1. The zero-order chi connectivity index (χ0) is 22.6. The van der Waals surface area contributed by atoms with Crippen LogP contribution in [0.15, 0.2) is 24.4 Å². The first-order chi connectivity index (χ1) is 15.9. The molecule has 1 saturated heterocycles. The first-order valence-corrected chi connectivity index (χ1v) is 12.7. The van der Waals surface area contributed by atoms with Gasteiger partial charge in [0.05, 0.1) is 12.1 Å². The first kappa shape index (κ1) is 21.1. The molecule has 3 N–H and O–H groups in total. The number of piperidine rings is 1. The van der Waals surface area contributed by atoms with E-state index < -0.39 is 0 Å². The highest BCUT2D eigenvalue weighted by Crippen LogP contribution is 2.61. The predicted octanol–water partition coefficient (Wildman–Crippen LogP) is 3.37. The van der Waals surface area contributed by atoms with Crippen LogP contribution in [-0.4, -0.2) is 45.2 Å². The van der Waals surface area contributed by atoms with Crippen LogP contribution in [-0.2, 0) is 16.0 Å². The predicted molar refractivity (Wildman–Crippen MR) is 127 cm³/mol. The number of aromatic nitrogens is 2. The van der Waals surface area contributed by atoms with Gasteiger partial charge in [0.1, 0.15) is 11.5 Å². The SMILES string of the molecule is N[C@@H]1CCCN(C(=O)Cc2cn3c(NC(=O)CC45CC6CC(CC(C6)C4)C5)cccc3n2)C1. The molecule has 4 aliphatic carbocycles. The van der Waals surface area contributed by atoms with E-state index in [9.17, 15) is 9.59 Å². The van der Waals surface area contributed by atoms with Crippen LogP contribution in [0, 0.1) is 23.2 Å². The molecule has 5 aliphatic rings. The Kier molecular flexibility index (Phi) is 5.20. The molecule has 4 saturated carbocycles. The van der Waals surface area contributed by atoms with Gasteiger partial charge in [0, 0.05) is 31.7 Å². The second kappa shape index (κ2) is 8.12. The fourth-order valence-corrected chi connectivity index (χ4v) is 7.79. The Labute approximate surface area is 195 Å². The monoisotopic (exact) mass is 449 g/mol. The summed E-state index contributed by atoms with van der Waals surface area (Å²) in [5, 5.41) is 3.17. The van der Waals surface area contributed by atoms with Gasteiger partial charge < -0.3 is 16.0 Å². The molecule has 0 aromatic carbocycles. The zero-order valence-corrected chi connectivity index (χ0v) is 19.3. The maximum atomic E-state index is 13.1. The van der Waals surface area contributed by atoms with Gasteiger partial charge in [0.25, 0.3) is 0 Å². The Morgan fingerprint density at radius 2 is 1.85 bits per heavy atom. The van der Waals surface area contributed by atoms with Crippen LogP contribution >= 0.6 is 0 Å². The molecule has 3 heterocycles. The standard InChI is InChI=1S/C26H35N5O2/c27-20-3-2-6-30(15-20)25(33)10-21-16-31-22(28-21)4-1-5-23(31)29-24(32)14-26-11-17-7-18(12-26)9-19(8-17)13-26/h1,4-5,16-20H,2-3,6-15,27H2,(H,29,32)/t17?,18?,19?,20-,26?/m1/s1. The topological polar surface area (TPSA) is 92.7 Å². The Morgan fingerprint density at radius 3 is 2.55 bits per heavy atom. The van der Waals surface area contributed by atoms with Crippen LogP contribution in [0.1, 0.15) is 63.5 Å². The molecule has 2 aromatic rings. The van der Waals surface area contributed by atoms with Crippen molar-refractivity contribution in [3.8, 4) is 0 Å². The molecule has 1 aliphatic heterocycles. The minimum Gasteiger partial charge on any atom is -0.341 e. The van der Waals surface area contributed by atoms with Gasteiger partial charge in [-0.05, 0) is 86.7 Å². The highest BCUT2D eigenvalue weighted by Gasteiger charge is 2.51. The number of rotatable bonds is 5. The maximum Gasteiger partial charge on any atom is 0.228 e. The van der Waals surface area contributed by atoms with Gasteiger partial charge in [0.2, 0.25) is 11.8 Å². The summed E-state index contributed by atoms with van der Waals surface area (Å²) in [5.74, 6) is 3.44. The molecule has 0 unspecified atom stereocenters. The number of pyridine rings is 1. The summed E-state index contributed by atoms with van der Waals surface area (Å²) in [6.07, 6.45) is 12.6. The van der Waals surface area contributed by atoms with Crippen LogP contribution in [0.5, 0.6) is 0 Å². The summed E-state index contributed by atoms with van der Waals surface area (Å²) in [7, 11) is 0. The van der Waals surface area contributed by atoms with Crippen molar-refractivity contribution >= 4 is 23.3 Å². The van der Waals surface area contributed by atoms with Crippen molar-refractivity contribution in [2.45, 2.75) is 70.3 Å². The van der Waals surface area contributed by atoms with Gasteiger partial charge in [0.15, 0.2) is 0 Å². The number of fused-ring (bicyclic) bond motifs is 1. The second-order valence-electron chi connectivity index (χ2n) is 11.4. The average molecular weight is 450 g/mol. The Bertz CT molecular complexity index is 1040. The minimum absolute atomic E-state index is 0.0690. The van der Waals surface area contributed by atoms with Crippen molar-refractivity contribution in [2.24, 2.45) is 28.9 Å². The third kappa shape index (κ3) is 4.16. The van der Waals surface area contributed by atoms with E-state index in [0.717, 1.165) is 54.3 Å². The molecule has 2 amide bonds. The van der Waals surface area contributed by atoms with Crippen LogP contribution in [0.25, 0.3) is 5.65 Å². The number of imidazole rings is 1. The fourth-order valence-electron chi connectivity index (χ4n) is 7.79. The number of anilines is 1. The fraction of sp³-hybridized carbons (Fsp3) is 0.654. The molecule has 1 atom stereocenters. The summed E-state index contributed by atoms with van der Waals surface area (Å²) in [5.41, 5.74) is 7.73. The van der Waals surface area contributed by atoms with Crippen molar-refractivity contribution in [1.29, 1.82) is 0 Å². The summed E-state index contributed by atoms with van der Waals surface area (Å²) < 4.78 is 1.90. The molecule has 7 nitrogen and oxygen atoms in total. The summed E-state index contributed by atoms with van der Waals surface area (Å²) in [6.45, 7) is 1.39. The molecule has 33 heavy (non-hydrogen) atoms. The minimum atomic E-state index is 0.0690. The van der Waals surface area contributed by atoms with Gasteiger partial charge in [-0.1, -0.05) is 6.07 Å². The van der Waals surface area contributed by atoms with Crippen LogP contribution in [0.3, 0.4) is 0 Å². The Morgan fingerprint density at radius 1 is 1.12 bits per heavy atom. The first-order valence-electron chi connectivity index (χ1n) is 12.7.